The highest BCUT2D eigenvalue weighted by atomic mass is 32.1. The minimum atomic E-state index is -0.409. The van der Waals surface area contributed by atoms with Crippen molar-refractivity contribution in [2.24, 2.45) is 5.16 Å². The quantitative estimate of drug-likeness (QED) is 0.616. The van der Waals surface area contributed by atoms with Crippen LogP contribution in [0.25, 0.3) is 0 Å². The smallest absolute Gasteiger partial charge is 0.375 e. The summed E-state index contributed by atoms with van der Waals surface area (Å²) in [6.07, 6.45) is 4.34. The van der Waals surface area contributed by atoms with Crippen LogP contribution in [0.2, 0.25) is 0 Å². The van der Waals surface area contributed by atoms with Crippen molar-refractivity contribution in [3.05, 3.63) is 46.0 Å². The van der Waals surface area contributed by atoms with Gasteiger partial charge in [-0.2, -0.15) is 0 Å². The molecule has 3 rings (SSSR count). The molecule has 0 bridgehead atoms. The zero-order chi connectivity index (χ0) is 12.4. The van der Waals surface area contributed by atoms with E-state index in [0.29, 0.717) is 4.88 Å². The van der Waals surface area contributed by atoms with E-state index in [1.54, 1.807) is 12.3 Å². The standard InChI is InChI=1S/C13H11NO3S/c15-13(12-5-2-8-18-12)17-14-10-3-1-4-11-9(10)6-7-16-11/h2,5-8H,1,3-4H2/b14-10-. The van der Waals surface area contributed by atoms with Crippen LogP contribution in [0.5, 0.6) is 0 Å². The molecule has 0 spiro atoms. The Labute approximate surface area is 108 Å². The van der Waals surface area contributed by atoms with Crippen LogP contribution in [-0.2, 0) is 11.3 Å². The lowest BCUT2D eigenvalue weighted by Gasteiger charge is -2.11. The Morgan fingerprint density at radius 1 is 1.39 bits per heavy atom. The minimum Gasteiger partial charge on any atom is -0.469 e. The zero-order valence-corrected chi connectivity index (χ0v) is 10.4. The highest BCUT2D eigenvalue weighted by Crippen LogP contribution is 2.23. The number of oxime groups is 1. The molecule has 92 valence electrons. The van der Waals surface area contributed by atoms with E-state index in [2.05, 4.69) is 5.16 Å². The third-order valence-corrected chi connectivity index (χ3v) is 3.68. The summed E-state index contributed by atoms with van der Waals surface area (Å²) in [7, 11) is 0. The number of carbonyl (C=O) groups excluding carboxylic acids is 1. The highest BCUT2D eigenvalue weighted by molar-refractivity contribution is 7.11. The first kappa shape index (κ1) is 11.2. The van der Waals surface area contributed by atoms with Crippen LogP contribution >= 0.6 is 11.3 Å². The van der Waals surface area contributed by atoms with Crippen LogP contribution in [-0.4, -0.2) is 11.7 Å². The number of fused-ring (bicyclic) bond motifs is 1. The molecule has 2 aromatic rings. The third-order valence-electron chi connectivity index (χ3n) is 2.83. The first-order valence-corrected chi connectivity index (χ1v) is 6.61. The molecule has 1 aliphatic carbocycles. The Balaban J connectivity index is 1.77. The van der Waals surface area contributed by atoms with Gasteiger partial charge < -0.3 is 9.25 Å². The van der Waals surface area contributed by atoms with Gasteiger partial charge in [-0.05, 0) is 30.4 Å². The minimum absolute atomic E-state index is 0.409. The van der Waals surface area contributed by atoms with Gasteiger partial charge in [0.2, 0.25) is 0 Å². The maximum Gasteiger partial charge on any atom is 0.375 e. The monoisotopic (exact) mass is 261 g/mol. The summed E-state index contributed by atoms with van der Waals surface area (Å²) in [6.45, 7) is 0. The molecule has 2 heterocycles. The molecule has 0 saturated heterocycles. The summed E-state index contributed by atoms with van der Waals surface area (Å²) in [5, 5.41) is 5.80. The van der Waals surface area contributed by atoms with Crippen molar-refractivity contribution in [2.45, 2.75) is 19.3 Å². The van der Waals surface area contributed by atoms with E-state index in [4.69, 9.17) is 9.25 Å². The van der Waals surface area contributed by atoms with Crippen LogP contribution in [0.4, 0.5) is 0 Å². The largest absolute Gasteiger partial charge is 0.469 e. The first-order chi connectivity index (χ1) is 8.84. The van der Waals surface area contributed by atoms with Crippen molar-refractivity contribution >= 4 is 23.0 Å². The lowest BCUT2D eigenvalue weighted by molar-refractivity contribution is 0.0521. The lowest BCUT2D eigenvalue weighted by atomic mass is 9.97. The van der Waals surface area contributed by atoms with Crippen LogP contribution in [0.3, 0.4) is 0 Å². The number of thiophene rings is 1. The topological polar surface area (TPSA) is 51.8 Å². The van der Waals surface area contributed by atoms with Crippen LogP contribution in [0, 0.1) is 0 Å². The molecule has 0 saturated carbocycles. The van der Waals surface area contributed by atoms with Gasteiger partial charge in [0.15, 0.2) is 0 Å². The molecule has 0 radical (unpaired) electrons. The van der Waals surface area contributed by atoms with Gasteiger partial charge in [-0.3, -0.25) is 0 Å². The molecular formula is C13H11NO3S. The molecule has 5 heteroatoms. The molecule has 0 unspecified atom stereocenters. The predicted octanol–water partition coefficient (Wildman–Crippen LogP) is 3.24. The highest BCUT2D eigenvalue weighted by Gasteiger charge is 2.19. The molecule has 4 nitrogen and oxygen atoms in total. The lowest BCUT2D eigenvalue weighted by Crippen LogP contribution is -2.11. The molecule has 0 aromatic carbocycles. The van der Waals surface area contributed by atoms with E-state index in [9.17, 15) is 4.79 Å². The third kappa shape index (κ3) is 2.09. The second-order valence-corrected chi connectivity index (χ2v) is 4.95. The summed E-state index contributed by atoms with van der Waals surface area (Å²) in [5.41, 5.74) is 1.75. The molecule has 0 N–H and O–H groups in total. The van der Waals surface area contributed by atoms with Crippen LogP contribution < -0.4 is 0 Å². The maximum absolute atomic E-state index is 11.7. The summed E-state index contributed by atoms with van der Waals surface area (Å²) in [4.78, 5) is 17.2. The van der Waals surface area contributed by atoms with Gasteiger partial charge in [-0.25, -0.2) is 4.79 Å². The molecular weight excluding hydrogens is 250 g/mol. The SMILES string of the molecule is O=C(O/N=C1/CCCc2occc21)c1cccs1. The number of carbonyl (C=O) groups is 1. The van der Waals surface area contributed by atoms with Gasteiger partial charge >= 0.3 is 5.97 Å². The second-order valence-electron chi connectivity index (χ2n) is 4.01. The Hall–Kier alpha value is -1.88. The van der Waals surface area contributed by atoms with Gasteiger partial charge in [0.05, 0.1) is 12.0 Å². The van der Waals surface area contributed by atoms with Crippen molar-refractivity contribution in [3.63, 3.8) is 0 Å². The summed E-state index contributed by atoms with van der Waals surface area (Å²) < 4.78 is 5.35. The Bertz CT molecular complexity index is 583. The van der Waals surface area contributed by atoms with E-state index in [1.165, 1.54) is 11.3 Å². The summed E-state index contributed by atoms with van der Waals surface area (Å²) >= 11 is 1.34. The first-order valence-electron chi connectivity index (χ1n) is 5.73. The Morgan fingerprint density at radius 3 is 3.17 bits per heavy atom. The van der Waals surface area contributed by atoms with Crippen molar-refractivity contribution in [3.8, 4) is 0 Å². The molecule has 0 fully saturated rings. The predicted molar refractivity (Wildman–Crippen MR) is 67.9 cm³/mol. The molecule has 0 atom stereocenters. The van der Waals surface area contributed by atoms with Crippen LogP contribution in [0.1, 0.15) is 33.8 Å². The van der Waals surface area contributed by atoms with Gasteiger partial charge in [0, 0.05) is 12.0 Å². The summed E-state index contributed by atoms with van der Waals surface area (Å²) in [6, 6.07) is 5.40. The molecule has 18 heavy (non-hydrogen) atoms. The van der Waals surface area contributed by atoms with E-state index >= 15 is 0 Å². The zero-order valence-electron chi connectivity index (χ0n) is 9.59. The Morgan fingerprint density at radius 2 is 2.33 bits per heavy atom. The fraction of sp³-hybridized carbons (Fsp3) is 0.231. The number of hydrogen-bond acceptors (Lipinski definition) is 5. The van der Waals surface area contributed by atoms with Gasteiger partial charge in [0.25, 0.3) is 0 Å². The number of nitrogens with zero attached hydrogens (tertiary/aromatic N) is 1. The number of aryl methyl sites for hydroxylation is 1. The van der Waals surface area contributed by atoms with Crippen molar-refractivity contribution in [2.75, 3.05) is 0 Å². The fourth-order valence-electron chi connectivity index (χ4n) is 1.97. The van der Waals surface area contributed by atoms with Crippen molar-refractivity contribution in [1.82, 2.24) is 0 Å². The average molecular weight is 261 g/mol. The Kier molecular flexibility index (Phi) is 2.98. The molecule has 0 aliphatic heterocycles. The second kappa shape index (κ2) is 4.78. The molecule has 1 aliphatic rings. The van der Waals surface area contributed by atoms with Gasteiger partial charge in [-0.15, -0.1) is 11.3 Å². The van der Waals surface area contributed by atoms with E-state index in [1.807, 2.05) is 17.5 Å². The van der Waals surface area contributed by atoms with Gasteiger partial charge in [0.1, 0.15) is 10.6 Å². The normalized spacial score (nSPS) is 16.6. The van der Waals surface area contributed by atoms with E-state index in [-0.39, 0.29) is 0 Å². The van der Waals surface area contributed by atoms with E-state index < -0.39 is 5.97 Å². The summed E-state index contributed by atoms with van der Waals surface area (Å²) in [5.74, 6) is 0.514. The van der Waals surface area contributed by atoms with Crippen molar-refractivity contribution in [1.29, 1.82) is 0 Å². The van der Waals surface area contributed by atoms with E-state index in [0.717, 1.165) is 36.3 Å². The number of hydrogen-bond donors (Lipinski definition) is 0. The molecule has 0 amide bonds. The maximum atomic E-state index is 11.7. The fourth-order valence-corrected chi connectivity index (χ4v) is 2.57. The number of furan rings is 1. The van der Waals surface area contributed by atoms with Gasteiger partial charge in [-0.1, -0.05) is 11.2 Å². The average Bonchev–Trinajstić information content (AvgIpc) is 3.05. The number of rotatable bonds is 2. The van der Waals surface area contributed by atoms with Crippen molar-refractivity contribution < 1.29 is 14.0 Å². The van der Waals surface area contributed by atoms with Crippen LogP contribution in [0.15, 0.2) is 39.4 Å². The molecule has 2 aromatic heterocycles.